The molecule has 1 unspecified atom stereocenters. The minimum absolute atomic E-state index is 0.545. The van der Waals surface area contributed by atoms with Crippen molar-refractivity contribution in [3.05, 3.63) is 38.8 Å². The van der Waals surface area contributed by atoms with Crippen molar-refractivity contribution >= 4 is 33.2 Å². The van der Waals surface area contributed by atoms with E-state index >= 15 is 0 Å². The Balaban J connectivity index is 1.66. The summed E-state index contributed by atoms with van der Waals surface area (Å²) in [6.45, 7) is 5.78. The van der Waals surface area contributed by atoms with Gasteiger partial charge in [0.15, 0.2) is 5.96 Å². The van der Waals surface area contributed by atoms with E-state index in [-0.39, 0.29) is 0 Å². The third-order valence-corrected chi connectivity index (χ3v) is 5.64. The van der Waals surface area contributed by atoms with Crippen LogP contribution in [0.3, 0.4) is 0 Å². The van der Waals surface area contributed by atoms with Gasteiger partial charge in [0, 0.05) is 43.7 Å². The first-order valence-corrected chi connectivity index (χ1v) is 9.52. The number of guanidine groups is 1. The molecule has 7 heteroatoms. The lowest BCUT2D eigenvalue weighted by Crippen LogP contribution is -2.39. The maximum Gasteiger partial charge on any atom is 0.194 e. The summed E-state index contributed by atoms with van der Waals surface area (Å²) in [7, 11) is 1.97. The SMILES string of the molecule is CCNC(=NCc1ccc(Br)s1)N1CCC(c2cnn(C)c2)C1. The molecule has 5 nitrogen and oxygen atoms in total. The number of thiophene rings is 1. The molecule has 1 atom stereocenters. The van der Waals surface area contributed by atoms with E-state index in [9.17, 15) is 0 Å². The molecule has 2 aromatic heterocycles. The first-order chi connectivity index (χ1) is 11.2. The molecule has 0 aliphatic carbocycles. The normalized spacial score (nSPS) is 18.7. The molecule has 1 N–H and O–H groups in total. The molecule has 0 amide bonds. The van der Waals surface area contributed by atoms with Crippen molar-refractivity contribution in [2.75, 3.05) is 19.6 Å². The van der Waals surface area contributed by atoms with Gasteiger partial charge in [-0.1, -0.05) is 0 Å². The highest BCUT2D eigenvalue weighted by Crippen LogP contribution is 2.27. The van der Waals surface area contributed by atoms with E-state index in [1.54, 1.807) is 11.3 Å². The van der Waals surface area contributed by atoms with E-state index in [1.807, 2.05) is 17.9 Å². The Labute approximate surface area is 149 Å². The van der Waals surface area contributed by atoms with E-state index in [0.29, 0.717) is 5.92 Å². The van der Waals surface area contributed by atoms with Gasteiger partial charge < -0.3 is 10.2 Å². The van der Waals surface area contributed by atoms with Crippen LogP contribution in [0.5, 0.6) is 0 Å². The highest BCUT2D eigenvalue weighted by atomic mass is 79.9. The van der Waals surface area contributed by atoms with Crippen LogP contribution in [0.2, 0.25) is 0 Å². The molecule has 2 aromatic rings. The second-order valence-corrected chi connectivity index (χ2v) is 8.30. The predicted molar refractivity (Wildman–Crippen MR) is 99.0 cm³/mol. The molecular weight excluding hydrogens is 374 g/mol. The number of nitrogens with zero attached hydrogens (tertiary/aromatic N) is 4. The Morgan fingerprint density at radius 3 is 3.04 bits per heavy atom. The molecule has 1 saturated heterocycles. The molecule has 1 fully saturated rings. The van der Waals surface area contributed by atoms with Gasteiger partial charge in [-0.05, 0) is 47.0 Å². The standard InChI is InChI=1S/C16H22BrN5S/c1-3-18-16(19-9-14-4-5-15(17)23-14)22-7-6-12(11-22)13-8-20-21(2)10-13/h4-5,8,10,12H,3,6-7,9,11H2,1-2H3,(H,18,19). The van der Waals surface area contributed by atoms with E-state index in [2.05, 4.69) is 56.5 Å². The third kappa shape index (κ3) is 4.14. The largest absolute Gasteiger partial charge is 0.357 e. The Morgan fingerprint density at radius 1 is 1.52 bits per heavy atom. The van der Waals surface area contributed by atoms with Crippen molar-refractivity contribution < 1.29 is 0 Å². The summed E-state index contributed by atoms with van der Waals surface area (Å²) in [5.74, 6) is 1.56. The van der Waals surface area contributed by atoms with Crippen LogP contribution in [-0.2, 0) is 13.6 Å². The highest BCUT2D eigenvalue weighted by Gasteiger charge is 2.26. The molecule has 3 rings (SSSR count). The first kappa shape index (κ1) is 16.5. The van der Waals surface area contributed by atoms with Gasteiger partial charge in [-0.3, -0.25) is 4.68 Å². The van der Waals surface area contributed by atoms with E-state index in [0.717, 1.165) is 42.3 Å². The quantitative estimate of drug-likeness (QED) is 0.638. The van der Waals surface area contributed by atoms with Gasteiger partial charge in [-0.2, -0.15) is 5.10 Å². The number of aliphatic imine (C=N–C) groups is 1. The van der Waals surface area contributed by atoms with Gasteiger partial charge in [-0.25, -0.2) is 4.99 Å². The number of nitrogens with one attached hydrogen (secondary N) is 1. The molecule has 1 aliphatic rings. The van der Waals surface area contributed by atoms with Crippen LogP contribution < -0.4 is 5.32 Å². The molecule has 0 bridgehead atoms. The zero-order valence-corrected chi connectivity index (χ0v) is 15.9. The Morgan fingerprint density at radius 2 is 2.39 bits per heavy atom. The summed E-state index contributed by atoms with van der Waals surface area (Å²) in [4.78, 5) is 8.45. The van der Waals surface area contributed by atoms with Crippen molar-refractivity contribution in [2.45, 2.75) is 25.8 Å². The highest BCUT2D eigenvalue weighted by molar-refractivity contribution is 9.11. The molecule has 0 saturated carbocycles. The van der Waals surface area contributed by atoms with Gasteiger partial charge >= 0.3 is 0 Å². The minimum Gasteiger partial charge on any atom is -0.357 e. The topological polar surface area (TPSA) is 45.5 Å². The third-order valence-electron chi connectivity index (χ3n) is 4.03. The maximum absolute atomic E-state index is 4.81. The number of halogens is 1. The molecule has 0 radical (unpaired) electrons. The number of likely N-dealkylation sites (tertiary alicyclic amines) is 1. The van der Waals surface area contributed by atoms with Crippen LogP contribution in [0.4, 0.5) is 0 Å². The second-order valence-electron chi connectivity index (χ2n) is 5.75. The van der Waals surface area contributed by atoms with Gasteiger partial charge in [-0.15, -0.1) is 11.3 Å². The average molecular weight is 396 g/mol. The van der Waals surface area contributed by atoms with Crippen LogP contribution in [0.15, 0.2) is 33.3 Å². The predicted octanol–water partition coefficient (Wildman–Crippen LogP) is 3.20. The summed E-state index contributed by atoms with van der Waals surface area (Å²) < 4.78 is 3.04. The molecule has 124 valence electrons. The summed E-state index contributed by atoms with van der Waals surface area (Å²) in [6.07, 6.45) is 5.27. The Bertz CT molecular complexity index is 678. The van der Waals surface area contributed by atoms with Crippen molar-refractivity contribution in [1.82, 2.24) is 20.0 Å². The lowest BCUT2D eigenvalue weighted by atomic mass is 10.0. The fraction of sp³-hybridized carbons (Fsp3) is 0.500. The van der Waals surface area contributed by atoms with E-state index < -0.39 is 0 Å². The van der Waals surface area contributed by atoms with Gasteiger partial charge in [0.2, 0.25) is 0 Å². The minimum atomic E-state index is 0.545. The summed E-state index contributed by atoms with van der Waals surface area (Å²) in [5.41, 5.74) is 1.33. The molecule has 1 aliphatic heterocycles. The fourth-order valence-corrected chi connectivity index (χ4v) is 4.30. The molecular formula is C16H22BrN5S. The Kier molecular flexibility index (Phi) is 5.38. The molecule has 23 heavy (non-hydrogen) atoms. The number of hydrogen-bond donors (Lipinski definition) is 1. The smallest absolute Gasteiger partial charge is 0.194 e. The van der Waals surface area contributed by atoms with Crippen LogP contribution in [-0.4, -0.2) is 40.3 Å². The summed E-state index contributed by atoms with van der Waals surface area (Å²) >= 11 is 5.25. The lowest BCUT2D eigenvalue weighted by Gasteiger charge is -2.21. The lowest BCUT2D eigenvalue weighted by molar-refractivity contribution is 0.486. The van der Waals surface area contributed by atoms with E-state index in [1.165, 1.54) is 10.4 Å². The van der Waals surface area contributed by atoms with E-state index in [4.69, 9.17) is 4.99 Å². The van der Waals surface area contributed by atoms with Gasteiger partial charge in [0.05, 0.1) is 16.5 Å². The fourth-order valence-electron chi connectivity index (χ4n) is 2.89. The average Bonchev–Trinajstić information content (AvgIpc) is 3.24. The van der Waals surface area contributed by atoms with Crippen molar-refractivity contribution in [2.24, 2.45) is 12.0 Å². The van der Waals surface area contributed by atoms with Crippen LogP contribution in [0.25, 0.3) is 0 Å². The molecule has 3 heterocycles. The second kappa shape index (κ2) is 7.49. The zero-order valence-electron chi connectivity index (χ0n) is 13.5. The Hall–Kier alpha value is -1.34. The number of hydrogen-bond acceptors (Lipinski definition) is 3. The van der Waals surface area contributed by atoms with Crippen molar-refractivity contribution in [3.8, 4) is 0 Å². The number of aromatic nitrogens is 2. The maximum atomic E-state index is 4.81. The van der Waals surface area contributed by atoms with Crippen LogP contribution >= 0.6 is 27.3 Å². The molecule has 0 spiro atoms. The number of aryl methyl sites for hydroxylation is 1. The van der Waals surface area contributed by atoms with Crippen LogP contribution in [0.1, 0.15) is 29.7 Å². The van der Waals surface area contributed by atoms with Crippen molar-refractivity contribution in [3.63, 3.8) is 0 Å². The zero-order chi connectivity index (χ0) is 16.2. The number of rotatable bonds is 4. The first-order valence-electron chi connectivity index (χ1n) is 7.91. The van der Waals surface area contributed by atoms with Gasteiger partial charge in [0.25, 0.3) is 0 Å². The molecule has 0 aromatic carbocycles. The monoisotopic (exact) mass is 395 g/mol. The summed E-state index contributed by atoms with van der Waals surface area (Å²) in [5, 5.41) is 7.72. The van der Waals surface area contributed by atoms with Crippen LogP contribution in [0, 0.1) is 0 Å². The van der Waals surface area contributed by atoms with Gasteiger partial charge in [0.1, 0.15) is 0 Å². The van der Waals surface area contributed by atoms with Crippen molar-refractivity contribution in [1.29, 1.82) is 0 Å². The summed E-state index contributed by atoms with van der Waals surface area (Å²) in [6, 6.07) is 4.21.